The fourth-order valence-electron chi connectivity index (χ4n) is 1.37. The monoisotopic (exact) mass is 271 g/mol. The molecule has 0 heterocycles. The van der Waals surface area contributed by atoms with Gasteiger partial charge in [-0.05, 0) is 32.9 Å². The van der Waals surface area contributed by atoms with Crippen molar-refractivity contribution in [2.45, 2.75) is 26.3 Å². The van der Waals surface area contributed by atoms with Crippen LogP contribution < -0.4 is 10.1 Å². The molecule has 3 nitrogen and oxygen atoms in total. The Morgan fingerprint density at radius 3 is 2.50 bits per heavy atom. The Bertz CT molecular complexity index is 350. The molecular weight excluding hydrogens is 250 g/mol. The summed E-state index contributed by atoms with van der Waals surface area (Å²) in [5.74, 6) is 0.704. The van der Waals surface area contributed by atoms with Crippen LogP contribution in [0, 0.1) is 0 Å². The highest BCUT2D eigenvalue weighted by Crippen LogP contribution is 2.22. The van der Waals surface area contributed by atoms with Gasteiger partial charge in [0.1, 0.15) is 12.4 Å². The molecule has 0 fully saturated rings. The van der Waals surface area contributed by atoms with E-state index in [1.165, 1.54) is 0 Å². The molecule has 0 saturated heterocycles. The number of hydrogen-bond donors (Lipinski definition) is 1. The molecule has 0 amide bonds. The molecule has 0 aliphatic carbocycles. The summed E-state index contributed by atoms with van der Waals surface area (Å²) in [7, 11) is 0. The number of benzene rings is 1. The van der Waals surface area contributed by atoms with Crippen molar-refractivity contribution in [2.75, 3.05) is 26.4 Å². The highest BCUT2D eigenvalue weighted by molar-refractivity contribution is 6.32. The number of para-hydroxylation sites is 1. The van der Waals surface area contributed by atoms with Crippen LogP contribution in [0.15, 0.2) is 24.3 Å². The van der Waals surface area contributed by atoms with Crippen molar-refractivity contribution in [2.24, 2.45) is 0 Å². The summed E-state index contributed by atoms with van der Waals surface area (Å²) in [5, 5.41) is 3.98. The summed E-state index contributed by atoms with van der Waals surface area (Å²) in [6, 6.07) is 7.44. The first-order valence-corrected chi connectivity index (χ1v) is 6.57. The smallest absolute Gasteiger partial charge is 0.138 e. The molecule has 1 N–H and O–H groups in total. The Balaban J connectivity index is 2.04. The number of hydrogen-bond acceptors (Lipinski definition) is 3. The molecule has 0 aliphatic rings. The van der Waals surface area contributed by atoms with Crippen molar-refractivity contribution in [3.05, 3.63) is 29.3 Å². The standard InChI is InChI=1S/C14H22ClNO2/c1-14(2,3)16-8-9-17-10-11-18-13-7-5-4-6-12(13)15/h4-7,16H,8-11H2,1-3H3. The lowest BCUT2D eigenvalue weighted by molar-refractivity contribution is 0.0985. The van der Waals surface area contributed by atoms with E-state index in [-0.39, 0.29) is 5.54 Å². The van der Waals surface area contributed by atoms with Gasteiger partial charge in [0.05, 0.1) is 18.2 Å². The van der Waals surface area contributed by atoms with Gasteiger partial charge in [-0.25, -0.2) is 0 Å². The molecule has 0 aliphatic heterocycles. The third-order valence-electron chi connectivity index (χ3n) is 2.22. The van der Waals surface area contributed by atoms with Crippen LogP contribution >= 0.6 is 11.6 Å². The molecule has 0 atom stereocenters. The predicted molar refractivity (Wildman–Crippen MR) is 75.5 cm³/mol. The van der Waals surface area contributed by atoms with Gasteiger partial charge >= 0.3 is 0 Å². The summed E-state index contributed by atoms with van der Waals surface area (Å²) in [4.78, 5) is 0. The van der Waals surface area contributed by atoms with Crippen LogP contribution in [0.2, 0.25) is 5.02 Å². The number of halogens is 1. The second-order valence-corrected chi connectivity index (χ2v) is 5.48. The summed E-state index contributed by atoms with van der Waals surface area (Å²) in [6.45, 7) is 9.00. The molecule has 1 rings (SSSR count). The Morgan fingerprint density at radius 2 is 1.83 bits per heavy atom. The zero-order chi connectivity index (χ0) is 13.4. The maximum absolute atomic E-state index is 5.96. The molecule has 102 valence electrons. The molecule has 0 unspecified atom stereocenters. The van der Waals surface area contributed by atoms with E-state index in [0.29, 0.717) is 30.6 Å². The SMILES string of the molecule is CC(C)(C)NCCOCCOc1ccccc1Cl. The van der Waals surface area contributed by atoms with E-state index in [2.05, 4.69) is 26.1 Å². The fraction of sp³-hybridized carbons (Fsp3) is 0.571. The van der Waals surface area contributed by atoms with Crippen molar-refractivity contribution in [1.29, 1.82) is 0 Å². The number of ether oxygens (including phenoxy) is 2. The molecule has 0 spiro atoms. The van der Waals surface area contributed by atoms with Gasteiger partial charge in [-0.15, -0.1) is 0 Å². The first-order valence-electron chi connectivity index (χ1n) is 6.19. The molecule has 4 heteroatoms. The normalized spacial score (nSPS) is 11.6. The van der Waals surface area contributed by atoms with Crippen LogP contribution in [0.5, 0.6) is 5.75 Å². The van der Waals surface area contributed by atoms with E-state index in [1.54, 1.807) is 0 Å². The number of rotatable bonds is 7. The largest absolute Gasteiger partial charge is 0.490 e. The zero-order valence-electron chi connectivity index (χ0n) is 11.3. The van der Waals surface area contributed by atoms with Gasteiger partial charge in [-0.2, -0.15) is 0 Å². The van der Waals surface area contributed by atoms with Crippen LogP contribution in [0.1, 0.15) is 20.8 Å². The third kappa shape index (κ3) is 6.84. The Kier molecular flexibility index (Phi) is 6.47. The van der Waals surface area contributed by atoms with Crippen LogP contribution in [0.4, 0.5) is 0 Å². The summed E-state index contributed by atoms with van der Waals surface area (Å²) < 4.78 is 11.0. The second kappa shape index (κ2) is 7.62. The Hall–Kier alpha value is -0.770. The predicted octanol–water partition coefficient (Wildman–Crippen LogP) is 3.12. The molecule has 0 aromatic heterocycles. The molecule has 1 aromatic rings. The second-order valence-electron chi connectivity index (χ2n) is 5.07. The van der Waals surface area contributed by atoms with Gasteiger partial charge in [0.2, 0.25) is 0 Å². The van der Waals surface area contributed by atoms with E-state index in [4.69, 9.17) is 21.1 Å². The third-order valence-corrected chi connectivity index (χ3v) is 2.54. The van der Waals surface area contributed by atoms with Gasteiger partial charge in [-0.1, -0.05) is 23.7 Å². The lowest BCUT2D eigenvalue weighted by Crippen LogP contribution is -2.38. The number of nitrogens with one attached hydrogen (secondary N) is 1. The fourth-order valence-corrected chi connectivity index (χ4v) is 1.56. The lowest BCUT2D eigenvalue weighted by atomic mass is 10.1. The maximum atomic E-state index is 5.96. The average Bonchev–Trinajstić information content (AvgIpc) is 2.28. The van der Waals surface area contributed by atoms with Gasteiger partial charge < -0.3 is 14.8 Å². The van der Waals surface area contributed by atoms with Crippen LogP contribution in [-0.2, 0) is 4.74 Å². The van der Waals surface area contributed by atoms with Crippen LogP contribution in [-0.4, -0.2) is 31.9 Å². The van der Waals surface area contributed by atoms with E-state index in [0.717, 1.165) is 6.54 Å². The zero-order valence-corrected chi connectivity index (χ0v) is 12.1. The van der Waals surface area contributed by atoms with E-state index in [1.807, 2.05) is 24.3 Å². The van der Waals surface area contributed by atoms with Gasteiger partial charge in [0, 0.05) is 12.1 Å². The first-order chi connectivity index (χ1) is 8.49. The maximum Gasteiger partial charge on any atom is 0.138 e. The molecule has 18 heavy (non-hydrogen) atoms. The van der Waals surface area contributed by atoms with Gasteiger partial charge in [0.15, 0.2) is 0 Å². The van der Waals surface area contributed by atoms with Crippen molar-refractivity contribution < 1.29 is 9.47 Å². The van der Waals surface area contributed by atoms with Gasteiger partial charge in [-0.3, -0.25) is 0 Å². The molecule has 1 aromatic carbocycles. The van der Waals surface area contributed by atoms with Crippen molar-refractivity contribution in [3.63, 3.8) is 0 Å². The van der Waals surface area contributed by atoms with E-state index in [9.17, 15) is 0 Å². The summed E-state index contributed by atoms with van der Waals surface area (Å²) >= 11 is 5.96. The minimum absolute atomic E-state index is 0.136. The molecular formula is C14H22ClNO2. The van der Waals surface area contributed by atoms with E-state index < -0.39 is 0 Å². The molecule has 0 bridgehead atoms. The highest BCUT2D eigenvalue weighted by Gasteiger charge is 2.07. The molecule has 0 radical (unpaired) electrons. The Morgan fingerprint density at radius 1 is 1.11 bits per heavy atom. The van der Waals surface area contributed by atoms with Gasteiger partial charge in [0.25, 0.3) is 0 Å². The van der Waals surface area contributed by atoms with Crippen LogP contribution in [0.25, 0.3) is 0 Å². The summed E-state index contributed by atoms with van der Waals surface area (Å²) in [6.07, 6.45) is 0. The van der Waals surface area contributed by atoms with Crippen molar-refractivity contribution in [1.82, 2.24) is 5.32 Å². The van der Waals surface area contributed by atoms with Crippen LogP contribution in [0.3, 0.4) is 0 Å². The molecule has 0 saturated carbocycles. The Labute approximate surface area is 114 Å². The first kappa shape index (κ1) is 15.3. The average molecular weight is 272 g/mol. The van der Waals surface area contributed by atoms with Crippen molar-refractivity contribution >= 4 is 11.6 Å². The minimum Gasteiger partial charge on any atom is -0.490 e. The summed E-state index contributed by atoms with van der Waals surface area (Å²) in [5.41, 5.74) is 0.136. The van der Waals surface area contributed by atoms with Crippen molar-refractivity contribution in [3.8, 4) is 5.75 Å². The van der Waals surface area contributed by atoms with E-state index >= 15 is 0 Å². The lowest BCUT2D eigenvalue weighted by Gasteiger charge is -2.20. The quantitative estimate of drug-likeness (QED) is 0.773. The topological polar surface area (TPSA) is 30.5 Å². The highest BCUT2D eigenvalue weighted by atomic mass is 35.5. The minimum atomic E-state index is 0.136.